The fourth-order valence-corrected chi connectivity index (χ4v) is 6.46. The van der Waals surface area contributed by atoms with Crippen molar-refractivity contribution in [3.63, 3.8) is 0 Å². The highest BCUT2D eigenvalue weighted by Crippen LogP contribution is 2.51. The molecule has 6 heterocycles. The van der Waals surface area contributed by atoms with E-state index in [1.165, 1.54) is 0 Å². The fourth-order valence-electron chi connectivity index (χ4n) is 5.02. The van der Waals surface area contributed by atoms with Crippen molar-refractivity contribution >= 4 is 50.2 Å². The lowest BCUT2D eigenvalue weighted by Gasteiger charge is -2.24. The van der Waals surface area contributed by atoms with Crippen LogP contribution < -0.4 is 17.0 Å². The second-order valence-corrected chi connectivity index (χ2v) is 11.9. The highest BCUT2D eigenvalue weighted by Gasteiger charge is 2.52. The third-order valence-electron chi connectivity index (χ3n) is 6.99. The number of phosphoric ester groups is 1. The molecular formula is C20H24F2N10O11P2. The van der Waals surface area contributed by atoms with Gasteiger partial charge < -0.3 is 40.4 Å². The maximum atomic E-state index is 15.6. The quantitative estimate of drug-likeness (QED) is 0.108. The predicted molar refractivity (Wildman–Crippen MR) is 144 cm³/mol. The molecule has 0 spiro atoms. The number of aliphatic hydroxyl groups excluding tert-OH is 1. The molecule has 0 saturated carbocycles. The van der Waals surface area contributed by atoms with Crippen LogP contribution in [0.1, 0.15) is 12.5 Å². The molecule has 4 aromatic heterocycles. The summed E-state index contributed by atoms with van der Waals surface area (Å²) >= 11 is 0. The third kappa shape index (κ3) is 5.83. The third-order valence-corrected chi connectivity index (χ3v) is 8.45. The van der Waals surface area contributed by atoms with Gasteiger partial charge in [-0.25, -0.2) is 33.3 Å². The van der Waals surface area contributed by atoms with E-state index >= 15 is 8.78 Å². The van der Waals surface area contributed by atoms with Crippen LogP contribution in [0.15, 0.2) is 23.8 Å². The van der Waals surface area contributed by atoms with E-state index in [4.69, 9.17) is 34.5 Å². The van der Waals surface area contributed by atoms with Crippen LogP contribution in [0.25, 0.3) is 22.3 Å². The lowest BCUT2D eigenvalue weighted by atomic mass is 10.1. The number of imidazole rings is 2. The second-order valence-electron chi connectivity index (χ2n) is 9.74. The Morgan fingerprint density at radius 3 is 2.42 bits per heavy atom. The van der Waals surface area contributed by atoms with Crippen molar-refractivity contribution in [2.45, 2.75) is 49.2 Å². The van der Waals surface area contributed by atoms with Gasteiger partial charge in [0.1, 0.15) is 36.3 Å². The monoisotopic (exact) mass is 680 g/mol. The number of halogens is 2. The van der Waals surface area contributed by atoms with Gasteiger partial charge in [-0.2, -0.15) is 4.98 Å². The van der Waals surface area contributed by atoms with E-state index in [9.17, 15) is 28.8 Å². The number of anilines is 2. The molecule has 10 atom stereocenters. The van der Waals surface area contributed by atoms with Gasteiger partial charge in [-0.05, 0) is 0 Å². The van der Waals surface area contributed by atoms with E-state index in [1.54, 1.807) is 0 Å². The van der Waals surface area contributed by atoms with Crippen molar-refractivity contribution < 1.29 is 55.8 Å². The number of ether oxygens (including phenoxy) is 2. The maximum absolute atomic E-state index is 15.6. The summed E-state index contributed by atoms with van der Waals surface area (Å²) in [6, 6.07) is 0. The zero-order valence-corrected chi connectivity index (χ0v) is 24.3. The van der Waals surface area contributed by atoms with E-state index in [1.807, 2.05) is 0 Å². The summed E-state index contributed by atoms with van der Waals surface area (Å²) in [7, 11) is -9.05. The normalized spacial score (nSPS) is 30.7. The molecule has 2 aliphatic heterocycles. The highest BCUT2D eigenvalue weighted by atomic mass is 31.2. The Bertz CT molecular complexity index is 1860. The first-order valence-corrected chi connectivity index (χ1v) is 15.5. The van der Waals surface area contributed by atoms with Gasteiger partial charge in [-0.1, -0.05) is 0 Å². The standard InChI is InChI=1S/C20H24F2N10O11P2/c21-8-6(1-33)40-19(32-5-28-11-16(32)29-20(24)30-17(11)34)13(8)43-45(37,38)39-2-7-12(42-44(35)36)9(22)18(41-7)31-4-27-10-14(23)25-3-26-15(10)31/h3-9,12-13,18-19,33,44H,1-2H2,(H,35,36)(H,37,38)(H2,23,25,26)(H3,24,29,30,34)/t6-,7-,8?,9?,12?,13?,18-,19-/m1/s1. The highest BCUT2D eigenvalue weighted by molar-refractivity contribution is 7.47. The van der Waals surface area contributed by atoms with Gasteiger partial charge >= 0.3 is 16.1 Å². The first-order valence-electron chi connectivity index (χ1n) is 12.8. The molecule has 4 aromatic rings. The molecule has 0 bridgehead atoms. The summed E-state index contributed by atoms with van der Waals surface area (Å²) in [5, 5.41) is 9.60. The number of aliphatic hydroxyl groups is 1. The van der Waals surface area contributed by atoms with Crippen molar-refractivity contribution in [1.82, 2.24) is 39.0 Å². The largest absolute Gasteiger partial charge is 0.472 e. The topological polar surface area (TPSA) is 300 Å². The first-order chi connectivity index (χ1) is 21.4. The number of aromatic amines is 1. The van der Waals surface area contributed by atoms with Crippen molar-refractivity contribution in [2.24, 2.45) is 0 Å². The van der Waals surface area contributed by atoms with E-state index in [-0.39, 0.29) is 34.1 Å². The molecule has 6 rings (SSSR count). The average molecular weight is 680 g/mol. The number of fused-ring (bicyclic) bond motifs is 2. The van der Waals surface area contributed by atoms with E-state index in [2.05, 4.69) is 29.9 Å². The van der Waals surface area contributed by atoms with E-state index < -0.39 is 84.1 Å². The number of hydrogen-bond acceptors (Lipinski definition) is 16. The molecule has 45 heavy (non-hydrogen) atoms. The second kappa shape index (κ2) is 12.0. The van der Waals surface area contributed by atoms with Crippen LogP contribution in [0.2, 0.25) is 0 Å². The Labute approximate surface area is 248 Å². The number of nitrogen functional groups attached to an aromatic ring is 2. The summed E-state index contributed by atoms with van der Waals surface area (Å²) in [6.45, 7) is -1.83. The maximum Gasteiger partial charge on any atom is 0.472 e. The number of alkyl halides is 2. The molecule has 0 amide bonds. The Balaban J connectivity index is 1.22. The van der Waals surface area contributed by atoms with Gasteiger partial charge in [0.05, 0.1) is 25.9 Å². The van der Waals surface area contributed by atoms with Gasteiger partial charge in [0.25, 0.3) is 5.56 Å². The smallest absolute Gasteiger partial charge is 0.394 e. The van der Waals surface area contributed by atoms with Crippen LogP contribution >= 0.6 is 16.1 Å². The SMILES string of the molecule is Nc1nc2c(ncn2[C@@H]2O[C@H](CO)C(F)C2OP(=O)(O)OC[C@H]2O[C@@H](n3cnc4c(N)ncnc43)C(F)C2O[PH](=O)O)c(=O)[nH]1. The van der Waals surface area contributed by atoms with Crippen LogP contribution in [0.5, 0.6) is 0 Å². The molecule has 2 saturated heterocycles. The van der Waals surface area contributed by atoms with Crippen molar-refractivity contribution in [2.75, 3.05) is 24.7 Å². The minimum Gasteiger partial charge on any atom is -0.394 e. The summed E-state index contributed by atoms with van der Waals surface area (Å²) in [4.78, 5) is 53.9. The molecule has 2 aliphatic rings. The molecule has 0 aliphatic carbocycles. The van der Waals surface area contributed by atoms with Crippen LogP contribution in [0, 0.1) is 0 Å². The summed E-state index contributed by atoms with van der Waals surface area (Å²) in [5.41, 5.74) is 10.4. The van der Waals surface area contributed by atoms with Gasteiger partial charge in [0.15, 0.2) is 47.4 Å². The molecule has 8 N–H and O–H groups in total. The number of phosphoric acid groups is 1. The summed E-state index contributed by atoms with van der Waals surface area (Å²) < 4.78 is 83.6. The Morgan fingerprint density at radius 2 is 1.71 bits per heavy atom. The van der Waals surface area contributed by atoms with Crippen molar-refractivity contribution in [3.05, 3.63) is 29.3 Å². The molecule has 244 valence electrons. The average Bonchev–Trinajstić information content (AvgIpc) is 3.73. The number of hydrogen-bond donors (Lipinski definition) is 6. The minimum atomic E-state index is -5.29. The van der Waals surface area contributed by atoms with Gasteiger partial charge in [-0.3, -0.25) is 32.5 Å². The van der Waals surface area contributed by atoms with Gasteiger partial charge in [0, 0.05) is 0 Å². The predicted octanol–water partition coefficient (Wildman–Crippen LogP) is -1.14. The van der Waals surface area contributed by atoms with Crippen LogP contribution in [0.4, 0.5) is 20.5 Å². The number of nitrogens with two attached hydrogens (primary N) is 2. The Morgan fingerprint density at radius 1 is 1.02 bits per heavy atom. The van der Waals surface area contributed by atoms with Crippen LogP contribution in [-0.2, 0) is 32.2 Å². The van der Waals surface area contributed by atoms with Crippen LogP contribution in [0.3, 0.4) is 0 Å². The molecular weight excluding hydrogens is 656 g/mol. The lowest BCUT2D eigenvalue weighted by Crippen LogP contribution is -2.34. The number of rotatable bonds is 10. The summed E-state index contributed by atoms with van der Waals surface area (Å²) in [6.07, 6.45) is -11.2. The van der Waals surface area contributed by atoms with Crippen LogP contribution in [-0.4, -0.2) is 104 Å². The first kappa shape index (κ1) is 31.5. The molecule has 21 nitrogen and oxygen atoms in total. The lowest BCUT2D eigenvalue weighted by molar-refractivity contribution is -0.0589. The Kier molecular flexibility index (Phi) is 8.41. The molecule has 0 radical (unpaired) electrons. The fraction of sp³-hybridized carbons (Fsp3) is 0.500. The van der Waals surface area contributed by atoms with E-state index in [0.29, 0.717) is 0 Å². The van der Waals surface area contributed by atoms with E-state index in [0.717, 1.165) is 28.1 Å². The molecule has 0 aromatic carbocycles. The zero-order valence-electron chi connectivity index (χ0n) is 22.4. The Hall–Kier alpha value is -3.50. The van der Waals surface area contributed by atoms with Gasteiger partial charge in [0.2, 0.25) is 5.95 Å². The molecule has 6 unspecified atom stereocenters. The molecule has 25 heteroatoms. The number of nitrogens with one attached hydrogen (secondary N) is 1. The number of aromatic nitrogens is 8. The minimum absolute atomic E-state index is 0.0165. The number of nitrogens with zero attached hydrogens (tertiary/aromatic N) is 7. The summed E-state index contributed by atoms with van der Waals surface area (Å²) in [5.74, 6) is -0.337. The number of H-pyrrole nitrogens is 1. The van der Waals surface area contributed by atoms with Crippen molar-refractivity contribution in [3.8, 4) is 0 Å². The molecule has 2 fully saturated rings. The zero-order chi connectivity index (χ0) is 32.2. The van der Waals surface area contributed by atoms with Crippen molar-refractivity contribution in [1.29, 1.82) is 0 Å². The van der Waals surface area contributed by atoms with Gasteiger partial charge in [-0.15, -0.1) is 0 Å².